The third-order valence-corrected chi connectivity index (χ3v) is 3.77. The number of aliphatic imine (C=N–C) groups is 1. The molecular formula is C11H11ClN2O2S. The van der Waals surface area contributed by atoms with Gasteiger partial charge in [-0.15, -0.1) is 11.6 Å². The molecule has 2 atom stereocenters. The summed E-state index contributed by atoms with van der Waals surface area (Å²) in [7, 11) is 0. The molecule has 2 rings (SSSR count). The van der Waals surface area contributed by atoms with E-state index >= 15 is 0 Å². The fraction of sp³-hybridized carbons (Fsp3) is 0.273. The summed E-state index contributed by atoms with van der Waals surface area (Å²) < 4.78 is 4.92. The van der Waals surface area contributed by atoms with Gasteiger partial charge in [0.2, 0.25) is 0 Å². The van der Waals surface area contributed by atoms with Crippen molar-refractivity contribution in [2.75, 3.05) is 0 Å². The first-order chi connectivity index (χ1) is 8.15. The largest absolute Gasteiger partial charge is 0.418 e. The number of halogens is 1. The number of amides is 1. The van der Waals surface area contributed by atoms with E-state index in [1.807, 2.05) is 13.0 Å². The average Bonchev–Trinajstić information content (AvgIpc) is 2.59. The molecule has 1 aliphatic heterocycles. The number of hydrogen-bond acceptors (Lipinski definition) is 4. The van der Waals surface area contributed by atoms with Crippen molar-refractivity contribution in [1.82, 2.24) is 5.32 Å². The van der Waals surface area contributed by atoms with Gasteiger partial charge in [-0.3, -0.25) is 10.3 Å². The van der Waals surface area contributed by atoms with Crippen LogP contribution in [0.25, 0.3) is 0 Å². The van der Waals surface area contributed by atoms with Gasteiger partial charge in [-0.05, 0) is 19.1 Å². The highest BCUT2D eigenvalue weighted by Crippen LogP contribution is 2.28. The average molecular weight is 271 g/mol. The maximum atomic E-state index is 11.5. The number of rotatable bonds is 1. The molecule has 0 radical (unpaired) electrons. The molecule has 0 aliphatic carbocycles. The second-order valence-electron chi connectivity index (χ2n) is 3.47. The summed E-state index contributed by atoms with van der Waals surface area (Å²) in [5.74, 6) is 0.490. The van der Waals surface area contributed by atoms with Gasteiger partial charge in [0.05, 0.1) is 6.04 Å². The van der Waals surface area contributed by atoms with Crippen molar-refractivity contribution in [3.63, 3.8) is 0 Å². The number of hydrogen-bond donors (Lipinski definition) is 1. The molecule has 90 valence electrons. The van der Waals surface area contributed by atoms with E-state index in [9.17, 15) is 4.79 Å². The van der Waals surface area contributed by atoms with E-state index in [1.165, 1.54) is 11.8 Å². The molecule has 1 aliphatic rings. The van der Waals surface area contributed by atoms with Crippen LogP contribution in [0.1, 0.15) is 6.92 Å². The van der Waals surface area contributed by atoms with Crippen LogP contribution < -0.4 is 10.1 Å². The number of carbonyl (C=O) groups excluding carboxylic acids is 1. The number of nitrogens with zero attached hydrogens (tertiary/aromatic N) is 1. The third-order valence-electron chi connectivity index (χ3n) is 2.09. The number of carbonyl (C=O) groups is 1. The summed E-state index contributed by atoms with van der Waals surface area (Å²) in [6.45, 7) is 1.89. The van der Waals surface area contributed by atoms with Crippen LogP contribution in [0.3, 0.4) is 0 Å². The minimum atomic E-state index is -0.555. The smallest absolute Gasteiger partial charge is 0.410 e. The van der Waals surface area contributed by atoms with Crippen LogP contribution in [0.15, 0.2) is 35.3 Å². The van der Waals surface area contributed by atoms with Crippen molar-refractivity contribution < 1.29 is 9.53 Å². The van der Waals surface area contributed by atoms with E-state index in [-0.39, 0.29) is 10.8 Å². The molecular weight excluding hydrogens is 260 g/mol. The van der Waals surface area contributed by atoms with Crippen molar-refractivity contribution in [3.8, 4) is 5.75 Å². The predicted molar refractivity (Wildman–Crippen MR) is 69.7 cm³/mol. The molecule has 0 saturated heterocycles. The minimum Gasteiger partial charge on any atom is -0.410 e. The maximum absolute atomic E-state index is 11.5. The van der Waals surface area contributed by atoms with Crippen LogP contribution in [0.5, 0.6) is 5.75 Å². The Hall–Kier alpha value is -1.20. The second-order valence-corrected chi connectivity index (χ2v) is 5.33. The lowest BCUT2D eigenvalue weighted by molar-refractivity contribution is 0.206. The van der Waals surface area contributed by atoms with Gasteiger partial charge in [0.1, 0.15) is 10.5 Å². The highest BCUT2D eigenvalue weighted by Gasteiger charge is 2.26. The molecule has 0 spiro atoms. The van der Waals surface area contributed by atoms with Crippen LogP contribution in [0, 0.1) is 0 Å². The summed E-state index contributed by atoms with van der Waals surface area (Å²) in [6.07, 6.45) is -0.555. The lowest BCUT2D eigenvalue weighted by Gasteiger charge is -2.05. The van der Waals surface area contributed by atoms with E-state index in [1.54, 1.807) is 24.3 Å². The van der Waals surface area contributed by atoms with Crippen LogP contribution in [-0.2, 0) is 0 Å². The summed E-state index contributed by atoms with van der Waals surface area (Å²) in [5.41, 5.74) is 0. The molecule has 4 nitrogen and oxygen atoms in total. The predicted octanol–water partition coefficient (Wildman–Crippen LogP) is 2.83. The van der Waals surface area contributed by atoms with Crippen molar-refractivity contribution >= 4 is 34.6 Å². The van der Waals surface area contributed by atoms with E-state index in [0.29, 0.717) is 10.9 Å². The van der Waals surface area contributed by atoms with Crippen LogP contribution >= 0.6 is 23.4 Å². The van der Waals surface area contributed by atoms with E-state index in [2.05, 4.69) is 10.3 Å². The molecule has 0 saturated carbocycles. The van der Waals surface area contributed by atoms with Gasteiger partial charge in [0, 0.05) is 0 Å². The van der Waals surface area contributed by atoms with E-state index < -0.39 is 6.09 Å². The van der Waals surface area contributed by atoms with E-state index in [4.69, 9.17) is 16.3 Å². The summed E-state index contributed by atoms with van der Waals surface area (Å²) >= 11 is 7.27. The fourth-order valence-corrected chi connectivity index (χ4v) is 2.40. The van der Waals surface area contributed by atoms with Gasteiger partial charge in [-0.2, -0.15) is 0 Å². The quantitative estimate of drug-likeness (QED) is 0.799. The number of para-hydroxylation sites is 1. The fourth-order valence-electron chi connectivity index (χ4n) is 1.25. The first-order valence-corrected chi connectivity index (χ1v) is 6.39. The summed E-state index contributed by atoms with van der Waals surface area (Å²) in [6, 6.07) is 8.84. The number of nitrogens with one attached hydrogen (secondary N) is 1. The Kier molecular flexibility index (Phi) is 3.91. The Morgan fingerprint density at radius 2 is 2.18 bits per heavy atom. The second kappa shape index (κ2) is 5.42. The van der Waals surface area contributed by atoms with Crippen molar-refractivity contribution in [1.29, 1.82) is 0 Å². The molecule has 17 heavy (non-hydrogen) atoms. The first-order valence-electron chi connectivity index (χ1n) is 5.07. The zero-order valence-corrected chi connectivity index (χ0v) is 10.7. The van der Waals surface area contributed by atoms with Gasteiger partial charge in [-0.25, -0.2) is 4.79 Å². The molecule has 6 heteroatoms. The topological polar surface area (TPSA) is 50.7 Å². The van der Waals surface area contributed by atoms with Crippen molar-refractivity contribution in [2.45, 2.75) is 17.7 Å². The Labute approximate surface area is 108 Å². The van der Waals surface area contributed by atoms with Crippen LogP contribution in [-0.4, -0.2) is 22.0 Å². The third kappa shape index (κ3) is 3.38. The van der Waals surface area contributed by atoms with E-state index in [0.717, 1.165) is 0 Å². The molecule has 1 heterocycles. The van der Waals surface area contributed by atoms with Crippen LogP contribution in [0.4, 0.5) is 4.79 Å². The zero-order chi connectivity index (χ0) is 12.3. The Morgan fingerprint density at radius 3 is 2.76 bits per heavy atom. The highest BCUT2D eigenvalue weighted by atomic mass is 35.5. The lowest BCUT2D eigenvalue weighted by Crippen LogP contribution is -2.30. The van der Waals surface area contributed by atoms with Crippen molar-refractivity contribution in [2.24, 2.45) is 4.99 Å². The SMILES string of the molecule is CC1N=C(NC(=O)Oc2ccccc2)SC1Cl. The molecule has 1 aromatic carbocycles. The maximum Gasteiger partial charge on any atom is 0.418 e. The van der Waals surface area contributed by atoms with Crippen molar-refractivity contribution in [3.05, 3.63) is 30.3 Å². The van der Waals surface area contributed by atoms with Gasteiger partial charge < -0.3 is 4.74 Å². The Morgan fingerprint density at radius 1 is 1.47 bits per heavy atom. The summed E-state index contributed by atoms with van der Waals surface area (Å²) in [4.78, 5) is 15.7. The number of benzene rings is 1. The zero-order valence-electron chi connectivity index (χ0n) is 9.09. The number of amidine groups is 1. The van der Waals surface area contributed by atoms with Crippen LogP contribution in [0.2, 0.25) is 0 Å². The number of thioether (sulfide) groups is 1. The van der Waals surface area contributed by atoms with Gasteiger partial charge in [0.25, 0.3) is 0 Å². The molecule has 1 N–H and O–H groups in total. The lowest BCUT2D eigenvalue weighted by atomic mass is 10.3. The highest BCUT2D eigenvalue weighted by molar-refractivity contribution is 8.15. The Bertz CT molecular complexity index is 438. The molecule has 1 aromatic rings. The number of alkyl halides is 1. The first kappa shape index (κ1) is 12.3. The molecule has 2 unspecified atom stereocenters. The van der Waals surface area contributed by atoms with Gasteiger partial charge >= 0.3 is 6.09 Å². The molecule has 0 bridgehead atoms. The molecule has 0 aromatic heterocycles. The monoisotopic (exact) mass is 270 g/mol. The Balaban J connectivity index is 1.89. The minimum absolute atomic E-state index is 0.00584. The summed E-state index contributed by atoms with van der Waals surface area (Å²) in [5, 5.41) is 3.05. The molecule has 0 fully saturated rings. The number of ether oxygens (including phenoxy) is 1. The normalized spacial score (nSPS) is 23.1. The van der Waals surface area contributed by atoms with Gasteiger partial charge in [0.15, 0.2) is 5.17 Å². The van der Waals surface area contributed by atoms with Gasteiger partial charge in [-0.1, -0.05) is 30.0 Å². The standard InChI is InChI=1S/C11H11ClN2O2S/c1-7-9(12)17-10(13-7)14-11(15)16-8-5-3-2-4-6-8/h2-7,9H,1H3,(H,13,14,15). The molecule has 1 amide bonds.